The van der Waals surface area contributed by atoms with Crippen LogP contribution in [0.15, 0.2) is 82.1 Å². The Kier molecular flexibility index (Phi) is 5.09. The number of methoxy groups -OCH3 is 1. The van der Waals surface area contributed by atoms with Crippen molar-refractivity contribution >= 4 is 28.1 Å². The summed E-state index contributed by atoms with van der Waals surface area (Å²) in [6.07, 6.45) is 1.33. The van der Waals surface area contributed by atoms with Gasteiger partial charge in [-0.05, 0) is 24.3 Å². The zero-order valence-corrected chi connectivity index (χ0v) is 15.6. The van der Waals surface area contributed by atoms with Gasteiger partial charge in [-0.3, -0.25) is 0 Å². The third kappa shape index (κ3) is 3.75. The maximum Gasteiger partial charge on any atom is 0.378 e. The van der Waals surface area contributed by atoms with Crippen LogP contribution in [0.1, 0.15) is 0 Å². The molecule has 1 saturated heterocycles. The van der Waals surface area contributed by atoms with E-state index < -0.39 is 5.97 Å². The number of carbonyl (C=O) groups excluding carboxylic acids is 1. The standard InChI is InChI=1S/C19H15N5O3S/c1-26-15-9-7-14(8-10-15)24-17(18(25)27-23-24)11-20-22-19-21-16(12-28-19)13-5-3-2-4-6-13/h2-12,23H,1H3. The lowest BCUT2D eigenvalue weighted by molar-refractivity contribution is -0.140. The second-order valence-electron chi connectivity index (χ2n) is 5.63. The van der Waals surface area contributed by atoms with Crippen molar-refractivity contribution in [2.45, 2.75) is 0 Å². The van der Waals surface area contributed by atoms with Crippen molar-refractivity contribution in [2.75, 3.05) is 12.1 Å². The van der Waals surface area contributed by atoms with Gasteiger partial charge in [0, 0.05) is 10.9 Å². The topological polar surface area (TPSA) is 88.4 Å². The summed E-state index contributed by atoms with van der Waals surface area (Å²) < 4.78 is 5.14. The highest BCUT2D eigenvalue weighted by Gasteiger charge is 2.29. The number of ether oxygens (including phenoxy) is 1. The lowest BCUT2D eigenvalue weighted by atomic mass is 10.2. The first-order valence-corrected chi connectivity index (χ1v) is 9.15. The quantitative estimate of drug-likeness (QED) is 0.516. The zero-order valence-electron chi connectivity index (χ0n) is 14.8. The van der Waals surface area contributed by atoms with E-state index in [2.05, 4.69) is 20.8 Å². The fourth-order valence-electron chi connectivity index (χ4n) is 2.50. The van der Waals surface area contributed by atoms with E-state index in [1.54, 1.807) is 31.4 Å². The molecule has 9 heteroatoms. The number of rotatable bonds is 5. The van der Waals surface area contributed by atoms with Gasteiger partial charge in [0.15, 0.2) is 5.70 Å². The van der Waals surface area contributed by atoms with Crippen LogP contribution in [0.3, 0.4) is 0 Å². The molecule has 1 aliphatic rings. The number of azo groups is 1. The molecular weight excluding hydrogens is 378 g/mol. The Morgan fingerprint density at radius 1 is 1.18 bits per heavy atom. The van der Waals surface area contributed by atoms with Crippen molar-refractivity contribution in [3.63, 3.8) is 0 Å². The van der Waals surface area contributed by atoms with Crippen molar-refractivity contribution in [3.05, 3.63) is 71.9 Å². The van der Waals surface area contributed by atoms with Gasteiger partial charge in [0.05, 0.1) is 24.7 Å². The molecule has 1 N–H and O–H groups in total. The lowest BCUT2D eigenvalue weighted by Crippen LogP contribution is -2.28. The number of anilines is 1. The van der Waals surface area contributed by atoms with Crippen LogP contribution in [0.25, 0.3) is 11.3 Å². The first-order valence-electron chi connectivity index (χ1n) is 8.27. The monoisotopic (exact) mass is 393 g/mol. The zero-order chi connectivity index (χ0) is 19.3. The molecule has 0 unspecified atom stereocenters. The van der Waals surface area contributed by atoms with Crippen LogP contribution in [0.5, 0.6) is 5.75 Å². The van der Waals surface area contributed by atoms with Crippen molar-refractivity contribution in [2.24, 2.45) is 10.2 Å². The molecule has 0 amide bonds. The summed E-state index contributed by atoms with van der Waals surface area (Å²) >= 11 is 1.37. The molecule has 2 heterocycles. The second kappa shape index (κ2) is 7.99. The molecule has 0 saturated carbocycles. The molecule has 1 aromatic heterocycles. The van der Waals surface area contributed by atoms with E-state index in [4.69, 9.17) is 9.57 Å². The maximum atomic E-state index is 12.0. The molecule has 8 nitrogen and oxygen atoms in total. The summed E-state index contributed by atoms with van der Waals surface area (Å²) in [5.41, 5.74) is 5.27. The minimum absolute atomic E-state index is 0.203. The summed E-state index contributed by atoms with van der Waals surface area (Å²) in [5.74, 6) is 0.150. The van der Waals surface area contributed by atoms with Crippen LogP contribution in [0.4, 0.5) is 10.8 Å². The van der Waals surface area contributed by atoms with Gasteiger partial charge in [0.2, 0.25) is 5.13 Å². The molecule has 0 aliphatic carbocycles. The van der Waals surface area contributed by atoms with Gasteiger partial charge < -0.3 is 9.57 Å². The predicted octanol–water partition coefficient (Wildman–Crippen LogP) is 4.23. The smallest absolute Gasteiger partial charge is 0.378 e. The molecule has 0 bridgehead atoms. The van der Waals surface area contributed by atoms with Crippen LogP contribution in [0.2, 0.25) is 0 Å². The van der Waals surface area contributed by atoms with E-state index in [1.807, 2.05) is 35.7 Å². The van der Waals surface area contributed by atoms with Gasteiger partial charge in [0.25, 0.3) is 0 Å². The van der Waals surface area contributed by atoms with Crippen LogP contribution in [-0.2, 0) is 9.63 Å². The minimum atomic E-state index is -0.557. The molecule has 3 aromatic rings. The van der Waals surface area contributed by atoms with E-state index in [0.29, 0.717) is 16.6 Å². The van der Waals surface area contributed by atoms with Crippen LogP contribution in [-0.4, -0.2) is 18.1 Å². The Hall–Kier alpha value is -3.56. The van der Waals surface area contributed by atoms with Gasteiger partial charge in [0.1, 0.15) is 5.75 Å². The number of hydrogen-bond donors (Lipinski definition) is 1. The third-order valence-electron chi connectivity index (χ3n) is 3.90. The summed E-state index contributed by atoms with van der Waals surface area (Å²) in [4.78, 5) is 21.3. The largest absolute Gasteiger partial charge is 0.497 e. The van der Waals surface area contributed by atoms with E-state index in [9.17, 15) is 4.79 Å². The van der Waals surface area contributed by atoms with E-state index in [1.165, 1.54) is 22.5 Å². The molecular formula is C19H15N5O3S. The Labute approximate surface area is 164 Å². The second-order valence-corrected chi connectivity index (χ2v) is 6.46. The summed E-state index contributed by atoms with van der Waals surface area (Å²) in [7, 11) is 1.59. The molecule has 28 heavy (non-hydrogen) atoms. The van der Waals surface area contributed by atoms with Gasteiger partial charge >= 0.3 is 5.97 Å². The molecule has 2 aromatic carbocycles. The highest BCUT2D eigenvalue weighted by molar-refractivity contribution is 7.13. The summed E-state index contributed by atoms with van der Waals surface area (Å²) in [6, 6.07) is 16.9. The first kappa shape index (κ1) is 17.8. The fourth-order valence-corrected chi connectivity index (χ4v) is 3.15. The van der Waals surface area contributed by atoms with Gasteiger partial charge in [-0.1, -0.05) is 35.9 Å². The number of aromatic nitrogens is 1. The number of thiazole rings is 1. The number of nitrogens with one attached hydrogen (secondary N) is 1. The number of benzene rings is 2. The lowest BCUT2D eigenvalue weighted by Gasteiger charge is -2.14. The Morgan fingerprint density at radius 3 is 2.71 bits per heavy atom. The summed E-state index contributed by atoms with van der Waals surface area (Å²) in [5, 5.41) is 11.9. The number of hydrogen-bond acceptors (Lipinski definition) is 9. The molecule has 4 rings (SSSR count). The van der Waals surface area contributed by atoms with Gasteiger partial charge in [-0.2, -0.15) is 5.11 Å². The van der Waals surface area contributed by atoms with Crippen molar-refractivity contribution in [1.29, 1.82) is 0 Å². The molecule has 0 radical (unpaired) electrons. The first-order chi connectivity index (χ1) is 13.7. The molecule has 0 spiro atoms. The predicted molar refractivity (Wildman–Crippen MR) is 105 cm³/mol. The normalized spacial score (nSPS) is 15.4. The van der Waals surface area contributed by atoms with Crippen LogP contribution < -0.4 is 15.3 Å². The van der Waals surface area contributed by atoms with Crippen molar-refractivity contribution < 1.29 is 14.4 Å². The number of carbonyl (C=O) groups is 1. The van der Waals surface area contributed by atoms with Crippen LogP contribution in [0, 0.1) is 0 Å². The number of nitrogens with zero attached hydrogens (tertiary/aromatic N) is 4. The van der Waals surface area contributed by atoms with E-state index in [0.717, 1.165) is 11.3 Å². The van der Waals surface area contributed by atoms with Gasteiger partial charge in [-0.25, -0.2) is 14.8 Å². The van der Waals surface area contributed by atoms with Gasteiger partial charge in [-0.15, -0.1) is 16.5 Å². The Morgan fingerprint density at radius 2 is 1.96 bits per heavy atom. The average Bonchev–Trinajstić information content (AvgIpc) is 3.36. The van der Waals surface area contributed by atoms with E-state index in [-0.39, 0.29) is 5.70 Å². The number of hydrazine groups is 1. The average molecular weight is 393 g/mol. The maximum absolute atomic E-state index is 12.0. The van der Waals surface area contributed by atoms with Crippen molar-refractivity contribution in [3.8, 4) is 17.0 Å². The highest BCUT2D eigenvalue weighted by Crippen LogP contribution is 2.27. The fraction of sp³-hybridized carbons (Fsp3) is 0.0526. The molecule has 140 valence electrons. The Balaban J connectivity index is 1.52. The SMILES string of the molecule is COc1ccc(N2NOC(=O)C2=CN=Nc2nc(-c3ccccc3)cs2)cc1. The van der Waals surface area contributed by atoms with Crippen molar-refractivity contribution in [1.82, 2.24) is 10.6 Å². The van der Waals surface area contributed by atoms with Crippen LogP contribution >= 0.6 is 11.3 Å². The summed E-state index contributed by atoms with van der Waals surface area (Å²) in [6.45, 7) is 0. The molecule has 1 aliphatic heterocycles. The minimum Gasteiger partial charge on any atom is -0.497 e. The van der Waals surface area contributed by atoms with E-state index >= 15 is 0 Å². The highest BCUT2D eigenvalue weighted by atomic mass is 32.1. The molecule has 1 fully saturated rings. The Bertz CT molecular complexity index is 1030. The molecule has 0 atom stereocenters. The third-order valence-corrected chi connectivity index (χ3v) is 4.62.